The molecule has 3 N–H and O–H groups in total. The van der Waals surface area contributed by atoms with E-state index in [-0.39, 0.29) is 28.6 Å². The average Bonchev–Trinajstić information content (AvgIpc) is 2.93. The van der Waals surface area contributed by atoms with Crippen LogP contribution in [0.25, 0.3) is 0 Å². The standard InChI is InChI=1S/C30H44O5/c1-26(2,35)14-8-9-18(25(33)34)24-21(31)17-30(7)20-10-11-22-27(3,4)23(32)13-15-28(22,5)19(20)12-16-29(24,30)6/h8,10,12,14,18,21-22,24,31,35H,9,11,13,15-17H2,1-7H3,(H,33,34). The van der Waals surface area contributed by atoms with Gasteiger partial charge in [0.2, 0.25) is 0 Å². The van der Waals surface area contributed by atoms with E-state index in [2.05, 4.69) is 46.8 Å². The maximum atomic E-state index is 12.8. The van der Waals surface area contributed by atoms with Gasteiger partial charge >= 0.3 is 5.97 Å². The molecule has 2 fully saturated rings. The fourth-order valence-corrected chi connectivity index (χ4v) is 8.54. The van der Waals surface area contributed by atoms with Gasteiger partial charge in [0.15, 0.2) is 0 Å². The first-order valence-electron chi connectivity index (χ1n) is 13.2. The van der Waals surface area contributed by atoms with Crippen LogP contribution >= 0.6 is 0 Å². The number of aliphatic hydroxyl groups excluding tert-OH is 1. The van der Waals surface area contributed by atoms with Gasteiger partial charge in [0.05, 0.1) is 17.6 Å². The lowest BCUT2D eigenvalue weighted by molar-refractivity contribution is -0.148. The Kier molecular flexibility index (Phi) is 6.13. The van der Waals surface area contributed by atoms with Crippen LogP contribution in [0, 0.1) is 39.4 Å². The monoisotopic (exact) mass is 484 g/mol. The molecule has 0 bridgehead atoms. The van der Waals surface area contributed by atoms with Crippen molar-refractivity contribution in [1.29, 1.82) is 0 Å². The minimum Gasteiger partial charge on any atom is -0.481 e. The molecule has 0 aromatic carbocycles. The number of carboxylic acids is 1. The maximum absolute atomic E-state index is 12.8. The quantitative estimate of drug-likeness (QED) is 0.450. The van der Waals surface area contributed by atoms with E-state index in [0.29, 0.717) is 25.0 Å². The van der Waals surface area contributed by atoms with Crippen molar-refractivity contribution >= 4 is 11.8 Å². The van der Waals surface area contributed by atoms with Gasteiger partial charge in [0, 0.05) is 23.2 Å². The van der Waals surface area contributed by atoms with Gasteiger partial charge in [0.1, 0.15) is 5.78 Å². The summed E-state index contributed by atoms with van der Waals surface area (Å²) in [5.74, 6) is -1.43. The number of carboxylic acid groups (broad SMARTS) is 1. The fourth-order valence-electron chi connectivity index (χ4n) is 8.54. The second-order valence-electron chi connectivity index (χ2n) is 13.6. The minimum absolute atomic E-state index is 0.0868. The molecular weight excluding hydrogens is 440 g/mol. The molecule has 35 heavy (non-hydrogen) atoms. The number of fused-ring (bicyclic) bond motifs is 5. The zero-order chi connectivity index (χ0) is 26.2. The van der Waals surface area contributed by atoms with Gasteiger partial charge in [-0.25, -0.2) is 0 Å². The molecule has 0 radical (unpaired) electrons. The molecule has 4 aliphatic rings. The van der Waals surface area contributed by atoms with E-state index >= 15 is 0 Å². The third-order valence-corrected chi connectivity index (χ3v) is 10.7. The number of hydrogen-bond acceptors (Lipinski definition) is 4. The number of ketones is 1. The fraction of sp³-hybridized carbons (Fsp3) is 0.733. The predicted molar refractivity (Wildman–Crippen MR) is 137 cm³/mol. The summed E-state index contributed by atoms with van der Waals surface area (Å²) in [7, 11) is 0. The summed E-state index contributed by atoms with van der Waals surface area (Å²) in [5, 5.41) is 31.7. The highest BCUT2D eigenvalue weighted by atomic mass is 16.4. The molecule has 0 aromatic rings. The molecule has 7 atom stereocenters. The minimum atomic E-state index is -1.01. The maximum Gasteiger partial charge on any atom is 0.307 e. The van der Waals surface area contributed by atoms with Crippen LogP contribution < -0.4 is 0 Å². The molecule has 0 spiro atoms. The summed E-state index contributed by atoms with van der Waals surface area (Å²) in [5.41, 5.74) is 0.397. The first-order chi connectivity index (χ1) is 16.0. The van der Waals surface area contributed by atoms with Crippen molar-refractivity contribution in [3.05, 3.63) is 35.5 Å². The first kappa shape index (κ1) is 26.3. The Morgan fingerprint density at radius 2 is 1.83 bits per heavy atom. The van der Waals surface area contributed by atoms with Crippen LogP contribution in [0.4, 0.5) is 0 Å². The number of allylic oxidation sites excluding steroid dienone is 5. The van der Waals surface area contributed by atoms with Gasteiger partial charge in [-0.1, -0.05) is 58.9 Å². The van der Waals surface area contributed by atoms with Gasteiger partial charge in [0.25, 0.3) is 0 Å². The largest absolute Gasteiger partial charge is 0.481 e. The molecular formula is C30H44O5. The van der Waals surface area contributed by atoms with Crippen molar-refractivity contribution < 1.29 is 24.9 Å². The number of rotatable bonds is 5. The summed E-state index contributed by atoms with van der Waals surface area (Å²) in [4.78, 5) is 25.3. The van der Waals surface area contributed by atoms with Gasteiger partial charge in [-0.2, -0.15) is 0 Å². The highest BCUT2D eigenvalue weighted by Gasteiger charge is 2.66. The molecule has 4 rings (SSSR count). The summed E-state index contributed by atoms with van der Waals surface area (Å²) in [6, 6.07) is 0. The zero-order valence-electron chi connectivity index (χ0n) is 22.5. The third-order valence-electron chi connectivity index (χ3n) is 10.7. The highest BCUT2D eigenvalue weighted by molar-refractivity contribution is 5.86. The topological polar surface area (TPSA) is 94.8 Å². The Labute approximate surface area is 210 Å². The Morgan fingerprint density at radius 3 is 2.43 bits per heavy atom. The number of aliphatic hydroxyl groups is 2. The van der Waals surface area contributed by atoms with Crippen LogP contribution in [0.5, 0.6) is 0 Å². The van der Waals surface area contributed by atoms with Crippen molar-refractivity contribution in [3.8, 4) is 0 Å². The number of aliphatic carboxylic acids is 1. The molecule has 4 aliphatic carbocycles. The summed E-state index contributed by atoms with van der Waals surface area (Å²) in [6.07, 6.45) is 11.1. The Bertz CT molecular complexity index is 1010. The van der Waals surface area contributed by atoms with E-state index in [0.717, 1.165) is 12.8 Å². The van der Waals surface area contributed by atoms with Crippen LogP contribution in [-0.2, 0) is 9.59 Å². The van der Waals surface area contributed by atoms with E-state index < -0.39 is 34.9 Å². The van der Waals surface area contributed by atoms with Crippen LogP contribution in [0.1, 0.15) is 87.0 Å². The smallest absolute Gasteiger partial charge is 0.307 e. The van der Waals surface area contributed by atoms with Gasteiger partial charge in [-0.3, -0.25) is 9.59 Å². The summed E-state index contributed by atoms with van der Waals surface area (Å²) < 4.78 is 0. The molecule has 0 heterocycles. The van der Waals surface area contributed by atoms with Crippen LogP contribution in [0.15, 0.2) is 35.5 Å². The summed E-state index contributed by atoms with van der Waals surface area (Å²) >= 11 is 0. The molecule has 2 saturated carbocycles. The molecule has 194 valence electrons. The molecule has 0 amide bonds. The molecule has 0 saturated heterocycles. The Hall–Kier alpha value is -1.72. The van der Waals surface area contributed by atoms with E-state index in [1.165, 1.54) is 11.1 Å². The van der Waals surface area contributed by atoms with E-state index in [4.69, 9.17) is 0 Å². The molecule has 5 heteroatoms. The van der Waals surface area contributed by atoms with Gasteiger partial charge < -0.3 is 15.3 Å². The second-order valence-corrected chi connectivity index (χ2v) is 13.6. The van der Waals surface area contributed by atoms with Crippen molar-refractivity contribution in [2.75, 3.05) is 0 Å². The van der Waals surface area contributed by atoms with Crippen molar-refractivity contribution in [2.45, 2.75) is 98.7 Å². The lowest BCUT2D eigenvalue weighted by Crippen LogP contribution is -2.53. The zero-order valence-corrected chi connectivity index (χ0v) is 22.5. The van der Waals surface area contributed by atoms with E-state index in [9.17, 15) is 24.9 Å². The predicted octanol–water partition coefficient (Wildman–Crippen LogP) is 5.47. The first-order valence-corrected chi connectivity index (χ1v) is 13.2. The summed E-state index contributed by atoms with van der Waals surface area (Å²) in [6.45, 7) is 14.2. The average molecular weight is 485 g/mol. The van der Waals surface area contributed by atoms with E-state index in [1.807, 2.05) is 0 Å². The van der Waals surface area contributed by atoms with Crippen LogP contribution in [0.2, 0.25) is 0 Å². The lowest BCUT2D eigenvalue weighted by atomic mass is 9.44. The Morgan fingerprint density at radius 1 is 1.17 bits per heavy atom. The Balaban J connectivity index is 1.75. The number of carbonyl (C=O) groups is 2. The van der Waals surface area contributed by atoms with Gasteiger partial charge in [-0.15, -0.1) is 0 Å². The molecule has 7 unspecified atom stereocenters. The van der Waals surface area contributed by atoms with Crippen LogP contribution in [-0.4, -0.2) is 38.8 Å². The van der Waals surface area contributed by atoms with E-state index in [1.54, 1.807) is 26.0 Å². The van der Waals surface area contributed by atoms with Gasteiger partial charge in [-0.05, 0) is 73.8 Å². The van der Waals surface area contributed by atoms with Crippen LogP contribution in [0.3, 0.4) is 0 Å². The normalized spacial score (nSPS) is 41.5. The molecule has 5 nitrogen and oxygen atoms in total. The third kappa shape index (κ3) is 3.80. The lowest BCUT2D eigenvalue weighted by Gasteiger charge is -2.59. The highest BCUT2D eigenvalue weighted by Crippen LogP contribution is 2.71. The second kappa shape index (κ2) is 8.14. The number of Topliss-reactive ketones (excluding diaryl/α,β-unsaturated/α-hetero) is 1. The van der Waals surface area contributed by atoms with Crippen molar-refractivity contribution in [2.24, 2.45) is 39.4 Å². The van der Waals surface area contributed by atoms with Crippen molar-refractivity contribution in [1.82, 2.24) is 0 Å². The van der Waals surface area contributed by atoms with Crippen molar-refractivity contribution in [3.63, 3.8) is 0 Å². The molecule has 0 aromatic heterocycles. The molecule has 0 aliphatic heterocycles. The SMILES string of the molecule is CC(C)(O)C=CCC(C(=O)O)C1C(O)CC2(C)C3=CCC4C(C)(C)C(=O)CCC4(C)C3=CCC12C. The number of hydrogen-bond donors (Lipinski definition) is 3. The number of carbonyl (C=O) groups excluding carboxylic acids is 1.